The fourth-order valence-electron chi connectivity index (χ4n) is 2.15. The molecule has 1 unspecified atom stereocenters. The number of carbonyl (C=O) groups is 3. The van der Waals surface area contributed by atoms with Gasteiger partial charge in [0.15, 0.2) is 0 Å². The third-order valence-electron chi connectivity index (χ3n) is 3.13. The average Bonchev–Trinajstić information content (AvgIpc) is 2.41. The summed E-state index contributed by atoms with van der Waals surface area (Å²) in [5.74, 6) is -1.25. The molecule has 3 amide bonds. The lowest BCUT2D eigenvalue weighted by Crippen LogP contribution is -2.62. The SMILES string of the molecule is COCCN(CC(C)C)C(=O)N1CC(=O)NCC1C(=O)O. The van der Waals surface area contributed by atoms with E-state index < -0.39 is 18.0 Å². The summed E-state index contributed by atoms with van der Waals surface area (Å²) in [6.45, 7) is 4.81. The molecule has 0 aromatic rings. The van der Waals surface area contributed by atoms with Gasteiger partial charge >= 0.3 is 12.0 Å². The number of hydrogen-bond donors (Lipinski definition) is 2. The number of carbonyl (C=O) groups excluding carboxylic acids is 2. The van der Waals surface area contributed by atoms with Gasteiger partial charge in [-0.05, 0) is 5.92 Å². The van der Waals surface area contributed by atoms with Crippen molar-refractivity contribution >= 4 is 17.9 Å². The highest BCUT2D eigenvalue weighted by atomic mass is 16.5. The van der Waals surface area contributed by atoms with Gasteiger partial charge in [0.05, 0.1) is 6.61 Å². The largest absolute Gasteiger partial charge is 0.480 e. The van der Waals surface area contributed by atoms with Gasteiger partial charge in [-0.2, -0.15) is 0 Å². The van der Waals surface area contributed by atoms with Gasteiger partial charge in [-0.25, -0.2) is 9.59 Å². The minimum atomic E-state index is -1.13. The standard InChI is InChI=1S/C13H23N3O5/c1-9(2)7-15(4-5-21-3)13(20)16-8-11(17)14-6-10(16)12(18)19/h9-10H,4-8H2,1-3H3,(H,14,17)(H,18,19). The van der Waals surface area contributed by atoms with E-state index >= 15 is 0 Å². The Hall–Kier alpha value is -1.83. The van der Waals surface area contributed by atoms with Crippen LogP contribution >= 0.6 is 0 Å². The molecule has 0 aromatic carbocycles. The number of nitrogens with zero attached hydrogens (tertiary/aromatic N) is 2. The summed E-state index contributed by atoms with van der Waals surface area (Å²) < 4.78 is 4.98. The zero-order chi connectivity index (χ0) is 16.0. The molecule has 1 atom stereocenters. The molecule has 1 aliphatic rings. The molecule has 120 valence electrons. The zero-order valence-corrected chi connectivity index (χ0v) is 12.7. The summed E-state index contributed by atoms with van der Waals surface area (Å²) in [6.07, 6.45) is 0. The van der Waals surface area contributed by atoms with Crippen molar-refractivity contribution in [1.82, 2.24) is 15.1 Å². The molecule has 0 radical (unpaired) electrons. The van der Waals surface area contributed by atoms with Gasteiger partial charge in [-0.3, -0.25) is 9.69 Å². The van der Waals surface area contributed by atoms with Crippen molar-refractivity contribution in [3.63, 3.8) is 0 Å². The first-order valence-electron chi connectivity index (χ1n) is 6.90. The fourth-order valence-corrected chi connectivity index (χ4v) is 2.15. The maximum absolute atomic E-state index is 12.6. The summed E-state index contributed by atoms with van der Waals surface area (Å²) in [7, 11) is 1.53. The minimum absolute atomic E-state index is 0.0697. The highest BCUT2D eigenvalue weighted by molar-refractivity contribution is 5.90. The Kier molecular flexibility index (Phi) is 6.41. The lowest BCUT2D eigenvalue weighted by molar-refractivity contribution is -0.144. The molecule has 2 N–H and O–H groups in total. The van der Waals surface area contributed by atoms with Crippen LogP contribution in [-0.4, -0.2) is 78.8 Å². The Bertz CT molecular complexity index is 399. The van der Waals surface area contributed by atoms with Crippen molar-refractivity contribution in [2.45, 2.75) is 19.9 Å². The molecule has 0 aromatic heterocycles. The smallest absolute Gasteiger partial charge is 0.328 e. The molecule has 0 bridgehead atoms. The second-order valence-electron chi connectivity index (χ2n) is 5.40. The first-order chi connectivity index (χ1) is 9.86. The summed E-state index contributed by atoms with van der Waals surface area (Å²) in [5, 5.41) is 11.7. The number of urea groups is 1. The minimum Gasteiger partial charge on any atom is -0.480 e. The van der Waals surface area contributed by atoms with E-state index in [1.165, 1.54) is 12.0 Å². The van der Waals surface area contributed by atoms with Crippen molar-refractivity contribution in [1.29, 1.82) is 0 Å². The lowest BCUT2D eigenvalue weighted by atomic mass is 10.2. The van der Waals surface area contributed by atoms with Crippen molar-refractivity contribution in [2.24, 2.45) is 5.92 Å². The number of hydrogen-bond acceptors (Lipinski definition) is 4. The molecule has 21 heavy (non-hydrogen) atoms. The summed E-state index contributed by atoms with van der Waals surface area (Å²) in [6, 6.07) is -1.48. The van der Waals surface area contributed by atoms with Crippen molar-refractivity contribution < 1.29 is 24.2 Å². The first-order valence-corrected chi connectivity index (χ1v) is 6.90. The van der Waals surface area contributed by atoms with Gasteiger partial charge in [-0.15, -0.1) is 0 Å². The van der Waals surface area contributed by atoms with Crippen LogP contribution in [-0.2, 0) is 14.3 Å². The second-order valence-corrected chi connectivity index (χ2v) is 5.40. The van der Waals surface area contributed by atoms with Crippen LogP contribution in [0.5, 0.6) is 0 Å². The Morgan fingerprint density at radius 1 is 1.52 bits per heavy atom. The van der Waals surface area contributed by atoms with Gasteiger partial charge in [0.2, 0.25) is 5.91 Å². The van der Waals surface area contributed by atoms with Crippen LogP contribution < -0.4 is 5.32 Å². The maximum Gasteiger partial charge on any atom is 0.328 e. The zero-order valence-electron chi connectivity index (χ0n) is 12.7. The molecular formula is C13H23N3O5. The molecule has 0 saturated carbocycles. The molecule has 8 nitrogen and oxygen atoms in total. The van der Waals surface area contributed by atoms with Gasteiger partial charge in [0.25, 0.3) is 0 Å². The van der Waals surface area contributed by atoms with E-state index in [-0.39, 0.29) is 24.9 Å². The van der Waals surface area contributed by atoms with E-state index in [2.05, 4.69) is 5.32 Å². The Morgan fingerprint density at radius 2 is 2.19 bits per heavy atom. The van der Waals surface area contributed by atoms with E-state index in [4.69, 9.17) is 4.74 Å². The van der Waals surface area contributed by atoms with Crippen molar-refractivity contribution in [2.75, 3.05) is 39.9 Å². The van der Waals surface area contributed by atoms with Crippen molar-refractivity contribution in [3.05, 3.63) is 0 Å². The highest BCUT2D eigenvalue weighted by Crippen LogP contribution is 2.11. The molecule has 1 saturated heterocycles. The molecular weight excluding hydrogens is 278 g/mol. The number of carboxylic acids is 1. The quantitative estimate of drug-likeness (QED) is 0.695. The predicted octanol–water partition coefficient (Wildman–Crippen LogP) is -0.404. The first kappa shape index (κ1) is 17.2. The van der Waals surface area contributed by atoms with Crippen LogP contribution in [0.3, 0.4) is 0 Å². The summed E-state index contributed by atoms with van der Waals surface area (Å²) in [4.78, 5) is 37.9. The molecule has 0 aliphatic carbocycles. The number of aliphatic carboxylic acids is 1. The number of piperazine rings is 1. The van der Waals surface area contributed by atoms with Gasteiger partial charge in [-0.1, -0.05) is 13.8 Å². The van der Waals surface area contributed by atoms with Crippen LogP contribution in [0.4, 0.5) is 4.79 Å². The van der Waals surface area contributed by atoms with E-state index in [0.29, 0.717) is 19.7 Å². The Labute approximate surface area is 124 Å². The third-order valence-corrected chi connectivity index (χ3v) is 3.13. The molecule has 1 fully saturated rings. The number of nitrogens with one attached hydrogen (secondary N) is 1. The number of rotatable bonds is 6. The summed E-state index contributed by atoms with van der Waals surface area (Å²) >= 11 is 0. The fraction of sp³-hybridized carbons (Fsp3) is 0.769. The number of amides is 3. The number of carboxylic acid groups (broad SMARTS) is 1. The van der Waals surface area contributed by atoms with Crippen LogP contribution in [0.2, 0.25) is 0 Å². The van der Waals surface area contributed by atoms with E-state index in [0.717, 1.165) is 4.90 Å². The van der Waals surface area contributed by atoms with Gasteiger partial charge in [0.1, 0.15) is 12.6 Å². The van der Waals surface area contributed by atoms with Crippen LogP contribution in [0, 0.1) is 5.92 Å². The molecule has 1 aliphatic heterocycles. The average molecular weight is 301 g/mol. The van der Waals surface area contributed by atoms with Gasteiger partial charge < -0.3 is 20.1 Å². The van der Waals surface area contributed by atoms with Gasteiger partial charge in [0, 0.05) is 26.7 Å². The molecule has 0 spiro atoms. The Balaban J connectivity index is 2.86. The van der Waals surface area contributed by atoms with Crippen molar-refractivity contribution in [3.8, 4) is 0 Å². The number of methoxy groups -OCH3 is 1. The third kappa shape index (κ3) is 4.89. The lowest BCUT2D eigenvalue weighted by Gasteiger charge is -2.37. The normalized spacial score (nSPS) is 18.6. The monoisotopic (exact) mass is 301 g/mol. The van der Waals surface area contributed by atoms with Crippen LogP contribution in [0.25, 0.3) is 0 Å². The molecule has 8 heteroatoms. The molecule has 1 rings (SSSR count). The van der Waals surface area contributed by atoms with E-state index in [1.807, 2.05) is 13.8 Å². The van der Waals surface area contributed by atoms with E-state index in [9.17, 15) is 19.5 Å². The highest BCUT2D eigenvalue weighted by Gasteiger charge is 2.37. The summed E-state index contributed by atoms with van der Waals surface area (Å²) in [5.41, 5.74) is 0. The Morgan fingerprint density at radius 3 is 2.71 bits per heavy atom. The van der Waals surface area contributed by atoms with E-state index in [1.54, 1.807) is 0 Å². The second kappa shape index (κ2) is 7.82. The number of ether oxygens (including phenoxy) is 1. The van der Waals surface area contributed by atoms with Crippen LogP contribution in [0.15, 0.2) is 0 Å². The van der Waals surface area contributed by atoms with Crippen LogP contribution in [0.1, 0.15) is 13.8 Å². The topological polar surface area (TPSA) is 99.2 Å². The molecule has 1 heterocycles. The predicted molar refractivity (Wildman–Crippen MR) is 74.8 cm³/mol. The maximum atomic E-state index is 12.6.